The van der Waals surface area contributed by atoms with Crippen molar-refractivity contribution in [1.29, 1.82) is 0 Å². The van der Waals surface area contributed by atoms with Gasteiger partial charge in [-0.2, -0.15) is 0 Å². The van der Waals surface area contributed by atoms with Crippen LogP contribution in [0.25, 0.3) is 22.0 Å². The van der Waals surface area contributed by atoms with Crippen LogP contribution in [0.3, 0.4) is 0 Å². The average molecular weight is 460 g/mol. The van der Waals surface area contributed by atoms with Crippen LogP contribution in [-0.2, 0) is 13.0 Å². The number of nitrogens with zero attached hydrogens (tertiary/aromatic N) is 4. The zero-order valence-corrected chi connectivity index (χ0v) is 19.5. The van der Waals surface area contributed by atoms with Gasteiger partial charge in [-0.3, -0.25) is 4.79 Å². The Hall–Kier alpha value is -3.52. The molecule has 1 amide bonds. The molecule has 168 valence electrons. The lowest BCUT2D eigenvalue weighted by atomic mass is 10.2. The van der Waals surface area contributed by atoms with Gasteiger partial charge in [0.25, 0.3) is 5.91 Å². The molecule has 0 fully saturated rings. The quantitative estimate of drug-likeness (QED) is 0.434. The van der Waals surface area contributed by atoms with Gasteiger partial charge in [-0.15, -0.1) is 21.5 Å². The molecule has 4 aromatic rings. The minimum absolute atomic E-state index is 0.165. The molecule has 0 aliphatic carbocycles. The second-order valence-corrected chi connectivity index (χ2v) is 9.10. The molecule has 0 radical (unpaired) electrons. The molecule has 5 rings (SSSR count). The molecule has 1 aliphatic heterocycles. The van der Waals surface area contributed by atoms with E-state index in [1.165, 1.54) is 17.8 Å². The smallest absolute Gasteiger partial charge is 0.267 e. The summed E-state index contributed by atoms with van der Waals surface area (Å²) in [6.07, 6.45) is 4.47. The third-order valence-electron chi connectivity index (χ3n) is 5.83. The molecule has 0 unspecified atom stereocenters. The summed E-state index contributed by atoms with van der Waals surface area (Å²) < 4.78 is 7.43. The van der Waals surface area contributed by atoms with Crippen molar-refractivity contribution >= 4 is 22.9 Å². The summed E-state index contributed by atoms with van der Waals surface area (Å²) in [6, 6.07) is 15.5. The average Bonchev–Trinajstić information content (AvgIpc) is 3.35. The van der Waals surface area contributed by atoms with Gasteiger partial charge < -0.3 is 14.6 Å². The van der Waals surface area contributed by atoms with E-state index < -0.39 is 0 Å². The van der Waals surface area contributed by atoms with E-state index in [0.717, 1.165) is 65.0 Å². The van der Waals surface area contributed by atoms with Crippen LogP contribution in [0.15, 0.2) is 48.5 Å². The van der Waals surface area contributed by atoms with Crippen molar-refractivity contribution in [1.82, 2.24) is 19.7 Å². The molecular weight excluding hydrogens is 434 g/mol. The van der Waals surface area contributed by atoms with Crippen LogP contribution in [0.5, 0.6) is 5.75 Å². The fraction of sp³-hybridized carbons (Fsp3) is 0.280. The Labute approximate surface area is 196 Å². The highest BCUT2D eigenvalue weighted by molar-refractivity contribution is 7.17. The topological polar surface area (TPSA) is 81.9 Å². The van der Waals surface area contributed by atoms with E-state index in [9.17, 15) is 4.79 Å². The highest BCUT2D eigenvalue weighted by Crippen LogP contribution is 2.30. The Morgan fingerprint density at radius 1 is 1.06 bits per heavy atom. The first-order valence-corrected chi connectivity index (χ1v) is 11.9. The molecule has 3 heterocycles. The fourth-order valence-electron chi connectivity index (χ4n) is 4.09. The van der Waals surface area contributed by atoms with Crippen molar-refractivity contribution < 1.29 is 9.53 Å². The van der Waals surface area contributed by atoms with Crippen LogP contribution in [-0.4, -0.2) is 32.8 Å². The molecule has 0 atom stereocenters. The monoisotopic (exact) mass is 459 g/mol. The maximum absolute atomic E-state index is 13.1. The Balaban J connectivity index is 1.37. The standard InChI is InChI=1S/C25H25N5O2S/c1-16-22(33-25(26-16)17-10-12-20(32-2)13-11-17)24(31)27-19-8-6-7-18(15-19)23-29-28-21-9-4-3-5-14-30(21)23/h6-8,10-13,15H,3-5,9,14H2,1-2H3,(H,27,31). The molecule has 2 aromatic heterocycles. The number of benzene rings is 2. The molecule has 0 bridgehead atoms. The van der Waals surface area contributed by atoms with Crippen molar-refractivity contribution in [2.75, 3.05) is 12.4 Å². The number of nitrogens with one attached hydrogen (secondary N) is 1. The summed E-state index contributed by atoms with van der Waals surface area (Å²) in [5, 5.41) is 12.7. The van der Waals surface area contributed by atoms with E-state index in [0.29, 0.717) is 10.6 Å². The number of ether oxygens (including phenoxy) is 1. The number of fused-ring (bicyclic) bond motifs is 1. The summed E-state index contributed by atoms with van der Waals surface area (Å²) in [4.78, 5) is 18.3. The number of anilines is 1. The lowest BCUT2D eigenvalue weighted by Crippen LogP contribution is -2.11. The van der Waals surface area contributed by atoms with Crippen molar-refractivity contribution in [2.45, 2.75) is 39.2 Å². The third-order valence-corrected chi connectivity index (χ3v) is 7.03. The van der Waals surface area contributed by atoms with E-state index in [-0.39, 0.29) is 5.91 Å². The van der Waals surface area contributed by atoms with Gasteiger partial charge >= 0.3 is 0 Å². The van der Waals surface area contributed by atoms with E-state index in [4.69, 9.17) is 4.74 Å². The van der Waals surface area contributed by atoms with Gasteiger partial charge in [-0.05, 0) is 56.2 Å². The van der Waals surface area contributed by atoms with Crippen LogP contribution >= 0.6 is 11.3 Å². The number of hydrogen-bond acceptors (Lipinski definition) is 6. The van der Waals surface area contributed by atoms with Crippen LogP contribution in [0.4, 0.5) is 5.69 Å². The molecule has 7 nitrogen and oxygen atoms in total. The normalized spacial score (nSPS) is 13.3. The largest absolute Gasteiger partial charge is 0.497 e. The van der Waals surface area contributed by atoms with Gasteiger partial charge in [0.2, 0.25) is 0 Å². The van der Waals surface area contributed by atoms with Crippen molar-refractivity contribution in [2.24, 2.45) is 0 Å². The number of rotatable bonds is 5. The van der Waals surface area contributed by atoms with Gasteiger partial charge in [0.05, 0.1) is 12.8 Å². The molecule has 2 aromatic carbocycles. The molecule has 8 heteroatoms. The number of hydrogen-bond donors (Lipinski definition) is 1. The minimum Gasteiger partial charge on any atom is -0.497 e. The van der Waals surface area contributed by atoms with Gasteiger partial charge in [0.15, 0.2) is 5.82 Å². The number of methoxy groups -OCH3 is 1. The molecule has 0 spiro atoms. The van der Waals surface area contributed by atoms with E-state index in [2.05, 4.69) is 25.1 Å². The van der Waals surface area contributed by atoms with Gasteiger partial charge in [-0.25, -0.2) is 4.98 Å². The molecule has 0 saturated heterocycles. The van der Waals surface area contributed by atoms with Crippen molar-refractivity contribution in [3.63, 3.8) is 0 Å². The Morgan fingerprint density at radius 3 is 2.73 bits per heavy atom. The van der Waals surface area contributed by atoms with Crippen molar-refractivity contribution in [3.05, 3.63) is 64.9 Å². The van der Waals surface area contributed by atoms with E-state index >= 15 is 0 Å². The van der Waals surface area contributed by atoms with Gasteiger partial charge in [0.1, 0.15) is 21.5 Å². The van der Waals surface area contributed by atoms with Gasteiger partial charge in [-0.1, -0.05) is 18.6 Å². The Morgan fingerprint density at radius 2 is 1.91 bits per heavy atom. The number of thiazole rings is 1. The summed E-state index contributed by atoms with van der Waals surface area (Å²) in [5.74, 6) is 2.53. The van der Waals surface area contributed by atoms with E-state index in [1.54, 1.807) is 7.11 Å². The zero-order chi connectivity index (χ0) is 22.8. The third kappa shape index (κ3) is 4.39. The molecule has 33 heavy (non-hydrogen) atoms. The zero-order valence-electron chi connectivity index (χ0n) is 18.7. The SMILES string of the molecule is COc1ccc(-c2nc(C)c(C(=O)Nc3cccc(-c4nnc5n4CCCCC5)c3)s2)cc1. The molecule has 1 aliphatic rings. The maximum atomic E-state index is 13.1. The summed E-state index contributed by atoms with van der Waals surface area (Å²) in [6.45, 7) is 2.79. The predicted molar refractivity (Wildman–Crippen MR) is 130 cm³/mol. The number of carbonyl (C=O) groups excluding carboxylic acids is 1. The Bertz CT molecular complexity index is 1290. The van der Waals surface area contributed by atoms with Gasteiger partial charge in [0, 0.05) is 29.8 Å². The maximum Gasteiger partial charge on any atom is 0.267 e. The number of aromatic nitrogens is 4. The van der Waals surface area contributed by atoms with Crippen LogP contribution in [0.2, 0.25) is 0 Å². The molecular formula is C25H25N5O2S. The van der Waals surface area contributed by atoms with Crippen LogP contribution < -0.4 is 10.1 Å². The van der Waals surface area contributed by atoms with Crippen LogP contribution in [0.1, 0.15) is 40.5 Å². The number of aryl methyl sites for hydroxylation is 2. The lowest BCUT2D eigenvalue weighted by molar-refractivity contribution is 0.103. The first-order valence-electron chi connectivity index (χ1n) is 11.1. The summed E-state index contributed by atoms with van der Waals surface area (Å²) >= 11 is 1.39. The second kappa shape index (κ2) is 9.15. The Kier molecular flexibility index (Phi) is 5.92. The summed E-state index contributed by atoms with van der Waals surface area (Å²) in [5.41, 5.74) is 3.34. The lowest BCUT2D eigenvalue weighted by Gasteiger charge is -2.09. The fourth-order valence-corrected chi connectivity index (χ4v) is 5.05. The second-order valence-electron chi connectivity index (χ2n) is 8.10. The molecule has 0 saturated carbocycles. The molecule has 1 N–H and O–H groups in total. The number of amides is 1. The van der Waals surface area contributed by atoms with Crippen LogP contribution in [0, 0.1) is 6.92 Å². The predicted octanol–water partition coefficient (Wildman–Crippen LogP) is 5.36. The van der Waals surface area contributed by atoms with Crippen molar-refractivity contribution in [3.8, 4) is 27.7 Å². The first-order chi connectivity index (χ1) is 16.1. The highest BCUT2D eigenvalue weighted by Gasteiger charge is 2.19. The highest BCUT2D eigenvalue weighted by atomic mass is 32.1. The number of carbonyl (C=O) groups is 1. The minimum atomic E-state index is -0.165. The first kappa shape index (κ1) is 21.3. The van der Waals surface area contributed by atoms with E-state index in [1.807, 2.05) is 55.5 Å². The summed E-state index contributed by atoms with van der Waals surface area (Å²) in [7, 11) is 1.64.